The smallest absolute Gasteiger partial charge is 0.406 e. The zero-order chi connectivity index (χ0) is 22.3. The average molecular weight is 433 g/mol. The second-order valence-corrected chi connectivity index (χ2v) is 7.32. The topological polar surface area (TPSA) is 66.2 Å². The van der Waals surface area contributed by atoms with E-state index in [0.29, 0.717) is 33.9 Å². The number of allylic oxidation sites excluding steroid dienone is 3. The van der Waals surface area contributed by atoms with Gasteiger partial charge in [0, 0.05) is 17.1 Å². The molecule has 0 bridgehead atoms. The molecule has 5 nitrogen and oxygen atoms in total. The van der Waals surface area contributed by atoms with Crippen LogP contribution in [0.5, 0.6) is 0 Å². The standard InChI is InChI=1S/C21H18F3N3O2S/c1-4-18(29-21(22,23)24)10-5-14(2)12-27(17-8-6-16(11-25)7-9-17)20-26-19(13-28)15(3)30-20/h4-10,13H,1,12H2,2-3H3/b14-5+,18-10+. The van der Waals surface area contributed by atoms with Crippen LogP contribution in [0, 0.1) is 18.3 Å². The number of halogens is 3. The van der Waals surface area contributed by atoms with E-state index in [1.54, 1.807) is 38.1 Å². The molecule has 0 aliphatic heterocycles. The minimum atomic E-state index is -4.81. The quantitative estimate of drug-likeness (QED) is 0.298. The maximum atomic E-state index is 12.4. The third-order valence-corrected chi connectivity index (χ3v) is 4.86. The number of nitrogens with zero attached hydrogens (tertiary/aromatic N) is 3. The van der Waals surface area contributed by atoms with Gasteiger partial charge in [-0.2, -0.15) is 5.26 Å². The Hall–Kier alpha value is -3.38. The summed E-state index contributed by atoms with van der Waals surface area (Å²) in [5.74, 6) is -0.430. The predicted molar refractivity (Wildman–Crippen MR) is 110 cm³/mol. The van der Waals surface area contributed by atoms with Gasteiger partial charge in [-0.15, -0.1) is 24.5 Å². The van der Waals surface area contributed by atoms with E-state index in [-0.39, 0.29) is 6.54 Å². The molecule has 1 aromatic heterocycles. The van der Waals surface area contributed by atoms with Gasteiger partial charge in [0.05, 0.1) is 11.6 Å². The molecule has 2 aromatic rings. The third kappa shape index (κ3) is 6.32. The number of aldehydes is 1. The van der Waals surface area contributed by atoms with Gasteiger partial charge in [0.25, 0.3) is 0 Å². The van der Waals surface area contributed by atoms with Crippen LogP contribution < -0.4 is 4.90 Å². The predicted octanol–water partition coefficient (Wildman–Crippen LogP) is 5.83. The van der Waals surface area contributed by atoms with Crippen LogP contribution in [0.4, 0.5) is 24.0 Å². The number of rotatable bonds is 8. The summed E-state index contributed by atoms with van der Waals surface area (Å²) in [6.45, 7) is 7.11. The van der Waals surface area contributed by atoms with E-state index in [0.717, 1.165) is 11.0 Å². The van der Waals surface area contributed by atoms with Gasteiger partial charge >= 0.3 is 6.36 Å². The lowest BCUT2D eigenvalue weighted by atomic mass is 10.2. The van der Waals surface area contributed by atoms with Crippen LogP contribution in [0.15, 0.2) is 60.4 Å². The molecule has 0 aliphatic carbocycles. The lowest BCUT2D eigenvalue weighted by Gasteiger charge is -2.22. The number of hydrogen-bond acceptors (Lipinski definition) is 6. The molecule has 9 heteroatoms. The van der Waals surface area contributed by atoms with Gasteiger partial charge in [-0.25, -0.2) is 4.98 Å². The number of aryl methyl sites for hydroxylation is 1. The minimum absolute atomic E-state index is 0.282. The van der Waals surface area contributed by atoms with Crippen molar-refractivity contribution in [2.24, 2.45) is 0 Å². The van der Waals surface area contributed by atoms with Gasteiger partial charge in [0.1, 0.15) is 11.5 Å². The van der Waals surface area contributed by atoms with Crippen molar-refractivity contribution in [3.63, 3.8) is 0 Å². The highest BCUT2D eigenvalue weighted by Crippen LogP contribution is 2.32. The SMILES string of the molecule is C=C/C(=C\C=C(/C)CN(c1ccc(C#N)cc1)c1nc(C=O)c(C)s1)OC(F)(F)F. The summed E-state index contributed by atoms with van der Waals surface area (Å²) in [5, 5.41) is 9.55. The van der Waals surface area contributed by atoms with Crippen LogP contribution in [-0.4, -0.2) is 24.2 Å². The highest BCUT2D eigenvalue weighted by atomic mass is 32.1. The molecule has 0 radical (unpaired) electrons. The number of thiazole rings is 1. The normalized spacial score (nSPS) is 12.3. The molecule has 0 fully saturated rings. The fourth-order valence-corrected chi connectivity index (χ4v) is 3.30. The van der Waals surface area contributed by atoms with Gasteiger partial charge in [-0.1, -0.05) is 18.2 Å². The summed E-state index contributed by atoms with van der Waals surface area (Å²) >= 11 is 1.32. The van der Waals surface area contributed by atoms with Gasteiger partial charge in [-0.05, 0) is 50.3 Å². The van der Waals surface area contributed by atoms with Gasteiger partial charge in [0.15, 0.2) is 11.4 Å². The van der Waals surface area contributed by atoms with E-state index in [9.17, 15) is 18.0 Å². The number of hydrogen-bond donors (Lipinski definition) is 0. The second-order valence-electron chi connectivity index (χ2n) is 6.13. The van der Waals surface area contributed by atoms with Gasteiger partial charge < -0.3 is 9.64 Å². The van der Waals surface area contributed by atoms with E-state index < -0.39 is 12.1 Å². The Kier molecular flexibility index (Phi) is 7.55. The zero-order valence-electron chi connectivity index (χ0n) is 16.2. The van der Waals surface area contributed by atoms with Gasteiger partial charge in [-0.3, -0.25) is 4.79 Å². The van der Waals surface area contributed by atoms with Crippen molar-refractivity contribution < 1.29 is 22.7 Å². The number of alkyl halides is 3. The van der Waals surface area contributed by atoms with Gasteiger partial charge in [0.2, 0.25) is 0 Å². The number of ether oxygens (including phenoxy) is 1. The first-order valence-corrected chi connectivity index (χ1v) is 9.44. The second kappa shape index (κ2) is 9.89. The lowest BCUT2D eigenvalue weighted by Crippen LogP contribution is -2.19. The van der Waals surface area contributed by atoms with Crippen molar-refractivity contribution in [2.75, 3.05) is 11.4 Å². The molecule has 30 heavy (non-hydrogen) atoms. The number of carbonyl (C=O) groups excluding carboxylic acids is 1. The molecule has 1 heterocycles. The summed E-state index contributed by atoms with van der Waals surface area (Å²) in [6.07, 6.45) is -0.504. The number of anilines is 2. The molecule has 0 aliphatic rings. The molecule has 0 saturated carbocycles. The van der Waals surface area contributed by atoms with E-state index in [1.807, 2.05) is 11.0 Å². The molecule has 0 amide bonds. The maximum absolute atomic E-state index is 12.4. The minimum Gasteiger partial charge on any atom is -0.406 e. The summed E-state index contributed by atoms with van der Waals surface area (Å²) in [7, 11) is 0. The summed E-state index contributed by atoms with van der Waals surface area (Å²) in [5.41, 5.74) is 2.22. The molecule has 0 atom stereocenters. The summed E-state index contributed by atoms with van der Waals surface area (Å²) < 4.78 is 41.1. The van der Waals surface area contributed by atoms with E-state index in [2.05, 4.69) is 16.3 Å². The molecule has 0 spiro atoms. The zero-order valence-corrected chi connectivity index (χ0v) is 17.0. The molecule has 2 rings (SSSR count). The Balaban J connectivity index is 2.37. The van der Waals surface area contributed by atoms with Crippen LogP contribution in [0.2, 0.25) is 0 Å². The van der Waals surface area contributed by atoms with Crippen molar-refractivity contribution >= 4 is 28.4 Å². The summed E-state index contributed by atoms with van der Waals surface area (Å²) in [6, 6.07) is 8.81. The van der Waals surface area contributed by atoms with Crippen molar-refractivity contribution in [1.29, 1.82) is 5.26 Å². The average Bonchev–Trinajstić information content (AvgIpc) is 3.09. The van der Waals surface area contributed by atoms with E-state index in [1.165, 1.54) is 23.5 Å². The van der Waals surface area contributed by atoms with Crippen molar-refractivity contribution in [3.8, 4) is 6.07 Å². The maximum Gasteiger partial charge on any atom is 0.573 e. The molecular weight excluding hydrogens is 415 g/mol. The van der Waals surface area contributed by atoms with Crippen LogP contribution in [0.1, 0.15) is 27.9 Å². The van der Waals surface area contributed by atoms with E-state index in [4.69, 9.17) is 5.26 Å². The molecule has 1 aromatic carbocycles. The first-order valence-electron chi connectivity index (χ1n) is 8.62. The molecule has 156 valence electrons. The largest absolute Gasteiger partial charge is 0.573 e. The lowest BCUT2D eigenvalue weighted by molar-refractivity contribution is -0.303. The van der Waals surface area contributed by atoms with Crippen molar-refractivity contribution in [3.05, 3.63) is 76.5 Å². The highest BCUT2D eigenvalue weighted by Gasteiger charge is 2.31. The Morgan fingerprint density at radius 3 is 2.50 bits per heavy atom. The van der Waals surface area contributed by atoms with E-state index >= 15 is 0 Å². The first kappa shape index (κ1) is 22.9. The highest BCUT2D eigenvalue weighted by molar-refractivity contribution is 7.15. The third-order valence-electron chi connectivity index (χ3n) is 3.85. The number of benzene rings is 1. The Labute approximate surface area is 176 Å². The number of aromatic nitrogens is 1. The molecule has 0 N–H and O–H groups in total. The van der Waals surface area contributed by atoms with Crippen molar-refractivity contribution in [1.82, 2.24) is 4.98 Å². The number of nitriles is 1. The van der Waals surface area contributed by atoms with Crippen LogP contribution in [0.25, 0.3) is 0 Å². The van der Waals surface area contributed by atoms with Crippen LogP contribution in [0.3, 0.4) is 0 Å². The molecule has 0 saturated heterocycles. The number of carbonyl (C=O) groups is 1. The molecular formula is C21H18F3N3O2S. The monoisotopic (exact) mass is 433 g/mol. The first-order chi connectivity index (χ1) is 14.2. The van der Waals surface area contributed by atoms with Crippen LogP contribution >= 0.6 is 11.3 Å². The Bertz CT molecular complexity index is 1020. The Morgan fingerprint density at radius 1 is 1.33 bits per heavy atom. The fraction of sp³-hybridized carbons (Fsp3) is 0.190. The van der Waals surface area contributed by atoms with Crippen LogP contribution in [-0.2, 0) is 4.74 Å². The van der Waals surface area contributed by atoms with Crippen molar-refractivity contribution in [2.45, 2.75) is 20.2 Å². The fourth-order valence-electron chi connectivity index (χ4n) is 2.41. The summed E-state index contributed by atoms with van der Waals surface area (Å²) in [4.78, 5) is 18.1. The molecule has 0 unspecified atom stereocenters. The Morgan fingerprint density at radius 2 is 2.00 bits per heavy atom.